The van der Waals surface area contributed by atoms with Crippen LogP contribution in [-0.4, -0.2) is 35.5 Å². The first-order valence-electron chi connectivity index (χ1n) is 6.42. The van der Waals surface area contributed by atoms with Crippen LogP contribution in [0.15, 0.2) is 0 Å². The molecule has 0 aliphatic heterocycles. The molecular formula is C12H28Cl2N2O2. The number of hydrogen-bond donors (Lipinski definition) is 4. The molecule has 0 bridgehead atoms. The first-order chi connectivity index (χ1) is 7.65. The predicted molar refractivity (Wildman–Crippen MR) is 79.3 cm³/mol. The molecule has 0 spiro atoms. The van der Waals surface area contributed by atoms with Crippen LogP contribution in [0.4, 0.5) is 0 Å². The third-order valence-corrected chi connectivity index (χ3v) is 3.57. The lowest BCUT2D eigenvalue weighted by Gasteiger charge is -2.30. The Kier molecular flexibility index (Phi) is 13.0. The highest BCUT2D eigenvalue weighted by atomic mass is 35.5. The topological polar surface area (TPSA) is 92.5 Å². The molecule has 0 aromatic carbocycles. The van der Waals surface area contributed by atoms with Crippen molar-refractivity contribution < 1.29 is 10.2 Å². The Balaban J connectivity index is 0. The van der Waals surface area contributed by atoms with E-state index in [1.54, 1.807) is 0 Å². The van der Waals surface area contributed by atoms with E-state index in [-0.39, 0.29) is 37.0 Å². The summed E-state index contributed by atoms with van der Waals surface area (Å²) in [4.78, 5) is 0. The van der Waals surface area contributed by atoms with Crippen molar-refractivity contribution in [1.29, 1.82) is 0 Å². The fourth-order valence-corrected chi connectivity index (χ4v) is 2.34. The largest absolute Gasteiger partial charge is 0.393 e. The van der Waals surface area contributed by atoms with Gasteiger partial charge in [0, 0.05) is 0 Å². The zero-order valence-electron chi connectivity index (χ0n) is 10.8. The summed E-state index contributed by atoms with van der Waals surface area (Å²) in [6, 6.07) is 0. The zero-order chi connectivity index (χ0) is 12.0. The van der Waals surface area contributed by atoms with Crippen LogP contribution in [-0.2, 0) is 0 Å². The Morgan fingerprint density at radius 1 is 0.722 bits per heavy atom. The molecule has 2 saturated carbocycles. The van der Waals surface area contributed by atoms with Crippen LogP contribution in [0.25, 0.3) is 0 Å². The van der Waals surface area contributed by atoms with Gasteiger partial charge in [0.2, 0.25) is 0 Å². The summed E-state index contributed by atoms with van der Waals surface area (Å²) in [7, 11) is 0. The molecule has 0 aromatic rings. The van der Waals surface area contributed by atoms with Crippen molar-refractivity contribution in [3.8, 4) is 0 Å². The van der Waals surface area contributed by atoms with Crippen LogP contribution in [0.1, 0.15) is 38.5 Å². The van der Waals surface area contributed by atoms with Gasteiger partial charge in [0.25, 0.3) is 0 Å². The Bertz CT molecular complexity index is 161. The molecule has 0 radical (unpaired) electrons. The van der Waals surface area contributed by atoms with Gasteiger partial charge in [-0.1, -0.05) is 0 Å². The van der Waals surface area contributed by atoms with Gasteiger partial charge in [0.15, 0.2) is 0 Å². The van der Waals surface area contributed by atoms with Gasteiger partial charge in [-0.05, 0) is 63.5 Å². The van der Waals surface area contributed by atoms with Gasteiger partial charge in [0.05, 0.1) is 12.2 Å². The van der Waals surface area contributed by atoms with E-state index in [1.165, 1.54) is 0 Å². The van der Waals surface area contributed by atoms with Crippen LogP contribution in [0.3, 0.4) is 0 Å². The Hall–Kier alpha value is 0.420. The maximum absolute atomic E-state index is 8.80. The summed E-state index contributed by atoms with van der Waals surface area (Å²) < 4.78 is 0. The summed E-state index contributed by atoms with van der Waals surface area (Å²) in [5.41, 5.74) is 10.6. The highest BCUT2D eigenvalue weighted by Gasteiger charge is 2.26. The summed E-state index contributed by atoms with van der Waals surface area (Å²) in [5.74, 6) is 1.46. The summed E-state index contributed by atoms with van der Waals surface area (Å²) in [6.45, 7) is 1.55. The molecular weight excluding hydrogens is 275 g/mol. The number of nitrogens with two attached hydrogens (primary N) is 2. The second kappa shape index (κ2) is 11.3. The SMILES string of the molecule is Cl.Cl.NCCC1CC(O)C1.NCCC1CC(O)C1. The van der Waals surface area contributed by atoms with Gasteiger partial charge < -0.3 is 21.7 Å². The van der Waals surface area contributed by atoms with Gasteiger partial charge in [-0.25, -0.2) is 0 Å². The van der Waals surface area contributed by atoms with Crippen molar-refractivity contribution in [2.45, 2.75) is 50.7 Å². The van der Waals surface area contributed by atoms with Gasteiger partial charge in [0.1, 0.15) is 0 Å². The third-order valence-electron chi connectivity index (χ3n) is 3.57. The van der Waals surface area contributed by atoms with E-state index in [4.69, 9.17) is 21.7 Å². The summed E-state index contributed by atoms with van der Waals surface area (Å²) in [6.07, 6.45) is 6.11. The molecule has 0 amide bonds. The van der Waals surface area contributed by atoms with Gasteiger partial charge >= 0.3 is 0 Å². The Labute approximate surface area is 122 Å². The lowest BCUT2D eigenvalue weighted by atomic mass is 9.80. The van der Waals surface area contributed by atoms with Crippen LogP contribution in [0, 0.1) is 11.8 Å². The fraction of sp³-hybridized carbons (Fsp3) is 1.00. The van der Waals surface area contributed by atoms with E-state index in [2.05, 4.69) is 0 Å². The van der Waals surface area contributed by atoms with E-state index >= 15 is 0 Å². The monoisotopic (exact) mass is 302 g/mol. The standard InChI is InChI=1S/2C6H13NO.2ClH/c2*7-2-1-5-3-6(8)4-5;;/h2*5-6,8H,1-4,7H2;2*1H. The van der Waals surface area contributed by atoms with Crippen molar-refractivity contribution >= 4 is 24.8 Å². The minimum atomic E-state index is -0.00782. The molecule has 2 aliphatic rings. The van der Waals surface area contributed by atoms with E-state index in [0.29, 0.717) is 0 Å². The minimum Gasteiger partial charge on any atom is -0.393 e. The van der Waals surface area contributed by atoms with Gasteiger partial charge in [-0.3, -0.25) is 0 Å². The van der Waals surface area contributed by atoms with Gasteiger partial charge in [-0.15, -0.1) is 24.8 Å². The second-order valence-corrected chi connectivity index (χ2v) is 5.14. The van der Waals surface area contributed by atoms with E-state index < -0.39 is 0 Å². The van der Waals surface area contributed by atoms with Crippen molar-refractivity contribution in [3.63, 3.8) is 0 Å². The summed E-state index contributed by atoms with van der Waals surface area (Å²) >= 11 is 0. The number of rotatable bonds is 4. The first kappa shape index (κ1) is 20.7. The molecule has 2 aliphatic carbocycles. The molecule has 6 heteroatoms. The lowest BCUT2D eigenvalue weighted by molar-refractivity contribution is 0.0400. The van der Waals surface area contributed by atoms with Crippen molar-refractivity contribution in [2.24, 2.45) is 23.3 Å². The van der Waals surface area contributed by atoms with E-state index in [0.717, 1.165) is 63.5 Å². The number of aliphatic hydroxyl groups is 2. The molecule has 0 unspecified atom stereocenters. The van der Waals surface area contributed by atoms with Crippen molar-refractivity contribution in [3.05, 3.63) is 0 Å². The highest BCUT2D eigenvalue weighted by Crippen LogP contribution is 2.29. The second-order valence-electron chi connectivity index (χ2n) is 5.14. The van der Waals surface area contributed by atoms with Crippen LogP contribution < -0.4 is 11.5 Å². The van der Waals surface area contributed by atoms with Crippen LogP contribution in [0.2, 0.25) is 0 Å². The van der Waals surface area contributed by atoms with Crippen LogP contribution >= 0.6 is 24.8 Å². The van der Waals surface area contributed by atoms with Crippen LogP contribution in [0.5, 0.6) is 0 Å². The van der Waals surface area contributed by atoms with Crippen molar-refractivity contribution in [1.82, 2.24) is 0 Å². The molecule has 0 atom stereocenters. The summed E-state index contributed by atoms with van der Waals surface area (Å²) in [5, 5.41) is 17.6. The number of hydrogen-bond acceptors (Lipinski definition) is 4. The molecule has 0 saturated heterocycles. The first-order valence-corrected chi connectivity index (χ1v) is 6.42. The molecule has 0 aromatic heterocycles. The normalized spacial score (nSPS) is 32.7. The highest BCUT2D eigenvalue weighted by molar-refractivity contribution is 5.85. The number of halogens is 2. The van der Waals surface area contributed by atoms with E-state index in [9.17, 15) is 0 Å². The minimum absolute atomic E-state index is 0. The molecule has 112 valence electrons. The fourth-order valence-electron chi connectivity index (χ4n) is 2.34. The van der Waals surface area contributed by atoms with E-state index in [1.807, 2.05) is 0 Å². The average Bonchev–Trinajstić information content (AvgIpc) is 2.15. The molecule has 0 heterocycles. The third kappa shape index (κ3) is 7.77. The molecule has 6 N–H and O–H groups in total. The molecule has 2 fully saturated rings. The molecule has 18 heavy (non-hydrogen) atoms. The maximum atomic E-state index is 8.80. The maximum Gasteiger partial charge on any atom is 0.0545 e. The smallest absolute Gasteiger partial charge is 0.0545 e. The zero-order valence-corrected chi connectivity index (χ0v) is 12.5. The lowest BCUT2D eigenvalue weighted by Crippen LogP contribution is -2.29. The quantitative estimate of drug-likeness (QED) is 0.625. The van der Waals surface area contributed by atoms with Gasteiger partial charge in [-0.2, -0.15) is 0 Å². The Morgan fingerprint density at radius 2 is 1.00 bits per heavy atom. The molecule has 4 nitrogen and oxygen atoms in total. The van der Waals surface area contributed by atoms with Crippen molar-refractivity contribution in [2.75, 3.05) is 13.1 Å². The average molecular weight is 303 g/mol. The molecule has 2 rings (SSSR count). The predicted octanol–water partition coefficient (Wildman–Crippen LogP) is 1.06. The number of aliphatic hydroxyl groups excluding tert-OH is 2. The Morgan fingerprint density at radius 3 is 1.17 bits per heavy atom.